The zero-order chi connectivity index (χ0) is 41.0. The van der Waals surface area contributed by atoms with E-state index in [1.165, 1.54) is 66.2 Å². The Morgan fingerprint density at radius 3 is 1.77 bits per heavy atom. The van der Waals surface area contributed by atoms with E-state index < -0.39 is 63.9 Å². The summed E-state index contributed by atoms with van der Waals surface area (Å²) < 4.78 is 143. The standard InChI is InChI=1S/C24H22F5N3O4S.C12H12F3N3O/c1-36-23-15(13-31(30-23)19-8-6-16(7-9-19)24(27,28)29)5-10-22(33)21-12-18(26)14-32(21)37(34,35)20-4-2-3-17(25)11-20;1-19-11-8(6-16)7-18(17-11)10-4-2-9(3-5-10)12(13,14)15/h2-4,6-9,11,13,18,21H,5,10,12,14H2,1H3;2-5,7H,6,16H2,1H3/t18-,21+;/m1./s1. The van der Waals surface area contributed by atoms with Gasteiger partial charge in [0.2, 0.25) is 21.8 Å². The van der Waals surface area contributed by atoms with E-state index in [0.29, 0.717) is 28.4 Å². The van der Waals surface area contributed by atoms with Gasteiger partial charge in [0.05, 0.1) is 47.7 Å². The van der Waals surface area contributed by atoms with Gasteiger partial charge in [-0.25, -0.2) is 26.6 Å². The molecule has 1 saturated heterocycles. The van der Waals surface area contributed by atoms with Crippen molar-refractivity contribution in [1.82, 2.24) is 23.9 Å². The second kappa shape index (κ2) is 16.8. The molecule has 0 aliphatic carbocycles. The molecule has 1 aliphatic rings. The highest BCUT2D eigenvalue weighted by Gasteiger charge is 2.44. The number of halogens is 8. The van der Waals surface area contributed by atoms with Crippen molar-refractivity contribution in [2.24, 2.45) is 5.73 Å². The Morgan fingerprint density at radius 2 is 1.32 bits per heavy atom. The number of methoxy groups -OCH3 is 2. The lowest BCUT2D eigenvalue weighted by molar-refractivity contribution is -0.138. The largest absolute Gasteiger partial charge is 0.480 e. The lowest BCUT2D eigenvalue weighted by Gasteiger charge is -2.22. The number of sulfonamides is 1. The Morgan fingerprint density at radius 1 is 0.821 bits per heavy atom. The van der Waals surface area contributed by atoms with Crippen LogP contribution in [0.3, 0.4) is 0 Å². The van der Waals surface area contributed by atoms with Gasteiger partial charge in [0, 0.05) is 49.5 Å². The van der Waals surface area contributed by atoms with Crippen molar-refractivity contribution in [1.29, 1.82) is 0 Å². The molecule has 0 amide bonds. The molecule has 3 heterocycles. The summed E-state index contributed by atoms with van der Waals surface area (Å²) in [6.07, 6.45) is -7.72. The molecular weight excluding hydrogens is 780 g/mol. The van der Waals surface area contributed by atoms with Gasteiger partial charge in [-0.2, -0.15) is 30.6 Å². The molecule has 2 aromatic heterocycles. The summed E-state index contributed by atoms with van der Waals surface area (Å²) >= 11 is 0. The van der Waals surface area contributed by atoms with Crippen molar-refractivity contribution in [2.45, 2.75) is 55.3 Å². The van der Waals surface area contributed by atoms with E-state index in [1.54, 1.807) is 6.20 Å². The molecule has 2 atom stereocenters. The van der Waals surface area contributed by atoms with Crippen LogP contribution in [-0.4, -0.2) is 71.0 Å². The molecule has 2 N–H and O–H groups in total. The number of nitrogens with zero attached hydrogens (tertiary/aromatic N) is 5. The van der Waals surface area contributed by atoms with Crippen molar-refractivity contribution in [3.8, 4) is 23.1 Å². The molecule has 6 rings (SSSR count). The van der Waals surface area contributed by atoms with E-state index in [-0.39, 0.29) is 36.6 Å². The van der Waals surface area contributed by atoms with E-state index in [0.717, 1.165) is 40.7 Å². The minimum Gasteiger partial charge on any atom is -0.480 e. The number of aryl methyl sites for hydroxylation is 1. The number of carbonyl (C=O) groups is 1. The van der Waals surface area contributed by atoms with Gasteiger partial charge in [0.1, 0.15) is 12.0 Å². The van der Waals surface area contributed by atoms with E-state index in [1.807, 2.05) is 0 Å². The summed E-state index contributed by atoms with van der Waals surface area (Å²) in [6, 6.07) is 12.0. The van der Waals surface area contributed by atoms with Gasteiger partial charge in [-0.15, -0.1) is 10.2 Å². The van der Waals surface area contributed by atoms with E-state index in [9.17, 15) is 48.3 Å². The molecule has 3 aromatic carbocycles. The van der Waals surface area contributed by atoms with Gasteiger partial charge >= 0.3 is 12.4 Å². The Labute approximate surface area is 315 Å². The zero-order valence-corrected chi connectivity index (χ0v) is 30.4. The van der Waals surface area contributed by atoms with E-state index >= 15 is 0 Å². The monoisotopic (exact) mass is 814 g/mol. The second-order valence-corrected chi connectivity index (χ2v) is 14.2. The second-order valence-electron chi connectivity index (χ2n) is 12.4. The van der Waals surface area contributed by atoms with Crippen LogP contribution in [0, 0.1) is 5.82 Å². The van der Waals surface area contributed by atoms with Gasteiger partial charge in [-0.1, -0.05) is 6.07 Å². The number of Topliss-reactive ketones (excluding diaryl/α,β-unsaturated/α-hetero) is 1. The van der Waals surface area contributed by atoms with Crippen molar-refractivity contribution < 1.29 is 57.8 Å². The molecule has 1 aliphatic heterocycles. The van der Waals surface area contributed by atoms with Crippen molar-refractivity contribution in [2.75, 3.05) is 20.8 Å². The van der Waals surface area contributed by atoms with Crippen LogP contribution in [0.2, 0.25) is 0 Å². The number of hydrogen-bond acceptors (Lipinski definition) is 8. The summed E-state index contributed by atoms with van der Waals surface area (Å²) in [7, 11) is -1.53. The Balaban J connectivity index is 0.000000265. The third-order valence-electron chi connectivity index (χ3n) is 8.65. The molecule has 20 heteroatoms. The molecule has 56 heavy (non-hydrogen) atoms. The number of nitrogens with two attached hydrogens (primary N) is 1. The molecular formula is C36H34F8N6O5S. The van der Waals surface area contributed by atoms with Gasteiger partial charge < -0.3 is 15.2 Å². The maximum atomic E-state index is 14.2. The average molecular weight is 815 g/mol. The van der Waals surface area contributed by atoms with Crippen LogP contribution in [0.4, 0.5) is 35.1 Å². The summed E-state index contributed by atoms with van der Waals surface area (Å²) in [5.41, 5.74) is 5.96. The van der Waals surface area contributed by atoms with Crippen molar-refractivity contribution >= 4 is 15.8 Å². The van der Waals surface area contributed by atoms with Crippen LogP contribution in [0.25, 0.3) is 11.4 Å². The van der Waals surface area contributed by atoms with Gasteiger partial charge in [-0.3, -0.25) is 4.79 Å². The number of aromatic nitrogens is 4. The fraction of sp³-hybridized carbons (Fsp3) is 0.306. The average Bonchev–Trinajstić information content (AvgIpc) is 3.90. The predicted molar refractivity (Wildman–Crippen MR) is 185 cm³/mol. The van der Waals surface area contributed by atoms with Crippen LogP contribution in [0.15, 0.2) is 90.1 Å². The molecule has 300 valence electrons. The number of hydrogen-bond donors (Lipinski definition) is 1. The number of benzene rings is 3. The third kappa shape index (κ3) is 9.54. The molecule has 1 fully saturated rings. The molecule has 0 unspecified atom stereocenters. The van der Waals surface area contributed by atoms with Crippen molar-refractivity contribution in [3.05, 3.63) is 113 Å². The van der Waals surface area contributed by atoms with Crippen LogP contribution in [-0.2, 0) is 40.1 Å². The van der Waals surface area contributed by atoms with Gasteiger partial charge in [0.15, 0.2) is 5.78 Å². The first-order valence-electron chi connectivity index (χ1n) is 16.6. The highest BCUT2D eigenvalue weighted by atomic mass is 32.2. The first-order chi connectivity index (χ1) is 26.3. The number of carbonyl (C=O) groups excluding carboxylic acids is 1. The maximum Gasteiger partial charge on any atom is 0.416 e. The smallest absolute Gasteiger partial charge is 0.416 e. The molecule has 0 spiro atoms. The first kappa shape index (κ1) is 41.8. The molecule has 5 aromatic rings. The number of ether oxygens (including phenoxy) is 2. The van der Waals surface area contributed by atoms with E-state index in [2.05, 4.69) is 10.2 Å². The fourth-order valence-electron chi connectivity index (χ4n) is 5.82. The summed E-state index contributed by atoms with van der Waals surface area (Å²) in [6.45, 7) is -0.283. The lowest BCUT2D eigenvalue weighted by Crippen LogP contribution is -2.40. The minimum atomic E-state index is -4.49. The zero-order valence-electron chi connectivity index (χ0n) is 29.6. The normalized spacial score (nSPS) is 16.3. The number of rotatable bonds is 11. The van der Waals surface area contributed by atoms with Crippen LogP contribution < -0.4 is 15.2 Å². The Hall–Kier alpha value is -5.34. The molecule has 0 radical (unpaired) electrons. The van der Waals surface area contributed by atoms with Crippen LogP contribution >= 0.6 is 0 Å². The third-order valence-corrected chi connectivity index (χ3v) is 10.5. The quantitative estimate of drug-likeness (QED) is 0.146. The lowest BCUT2D eigenvalue weighted by atomic mass is 10.0. The fourth-order valence-corrected chi connectivity index (χ4v) is 7.50. The Kier molecular flexibility index (Phi) is 12.5. The SMILES string of the molecule is COc1nn(-c2ccc(C(F)(F)F)cc2)cc1CCC(=O)[C@@H]1C[C@@H](F)CN1S(=O)(=O)c1cccc(F)c1.COc1nn(-c2ccc(C(F)(F)F)cc2)cc1CN. The predicted octanol–water partition coefficient (Wildman–Crippen LogP) is 6.70. The maximum absolute atomic E-state index is 14.2. The first-order valence-corrected chi connectivity index (χ1v) is 18.0. The molecule has 0 saturated carbocycles. The van der Waals surface area contributed by atoms with Crippen LogP contribution in [0.5, 0.6) is 11.8 Å². The molecule has 11 nitrogen and oxygen atoms in total. The highest BCUT2D eigenvalue weighted by Crippen LogP contribution is 2.33. The summed E-state index contributed by atoms with van der Waals surface area (Å²) in [5.74, 6) is -0.823. The van der Waals surface area contributed by atoms with E-state index in [4.69, 9.17) is 15.2 Å². The van der Waals surface area contributed by atoms with Gasteiger partial charge in [-0.05, 0) is 73.2 Å². The topological polar surface area (TPSA) is 135 Å². The number of alkyl halides is 7. The summed E-state index contributed by atoms with van der Waals surface area (Å²) in [4.78, 5) is 12.6. The molecule has 0 bridgehead atoms. The highest BCUT2D eigenvalue weighted by molar-refractivity contribution is 7.89. The van der Waals surface area contributed by atoms with Crippen molar-refractivity contribution in [3.63, 3.8) is 0 Å². The Bertz CT molecular complexity index is 2220. The van der Waals surface area contributed by atoms with Gasteiger partial charge in [0.25, 0.3) is 0 Å². The van der Waals surface area contributed by atoms with Crippen LogP contribution in [0.1, 0.15) is 35.1 Å². The minimum absolute atomic E-state index is 0.0595. The number of ketones is 1. The summed E-state index contributed by atoms with van der Waals surface area (Å²) in [5, 5.41) is 8.28.